The lowest BCUT2D eigenvalue weighted by atomic mass is 10.0. The SMILES string of the molecule is O=C1CCC(N2C(=O)c3cccc(NC(=O)OCc4ccccc4)c3C2=O)C(=O)N1. The lowest BCUT2D eigenvalue weighted by molar-refractivity contribution is -0.136. The molecule has 2 aromatic rings. The van der Waals surface area contributed by atoms with Crippen LogP contribution >= 0.6 is 0 Å². The van der Waals surface area contributed by atoms with Crippen molar-refractivity contribution in [1.82, 2.24) is 10.2 Å². The first kappa shape index (κ1) is 19.3. The molecule has 152 valence electrons. The molecule has 5 amide bonds. The van der Waals surface area contributed by atoms with Crippen LogP contribution in [0.15, 0.2) is 48.5 Å². The van der Waals surface area contributed by atoms with E-state index in [1.54, 1.807) is 12.1 Å². The number of amides is 5. The van der Waals surface area contributed by atoms with Gasteiger partial charge in [0.25, 0.3) is 11.8 Å². The number of carbonyl (C=O) groups excluding carboxylic acids is 5. The van der Waals surface area contributed by atoms with Crippen molar-refractivity contribution in [2.75, 3.05) is 5.32 Å². The Morgan fingerprint density at radius 1 is 1.03 bits per heavy atom. The number of ether oxygens (including phenoxy) is 1. The van der Waals surface area contributed by atoms with Gasteiger partial charge in [0.2, 0.25) is 11.8 Å². The number of fused-ring (bicyclic) bond motifs is 1. The van der Waals surface area contributed by atoms with E-state index in [-0.39, 0.29) is 36.3 Å². The van der Waals surface area contributed by atoms with Crippen molar-refractivity contribution in [3.05, 3.63) is 65.2 Å². The average molecular weight is 407 g/mol. The number of hydrogen-bond donors (Lipinski definition) is 2. The molecule has 9 heteroatoms. The summed E-state index contributed by atoms with van der Waals surface area (Å²) in [6.45, 7) is 0.0387. The third-order valence-corrected chi connectivity index (χ3v) is 4.92. The number of carbonyl (C=O) groups is 5. The van der Waals surface area contributed by atoms with Crippen LogP contribution in [0.3, 0.4) is 0 Å². The topological polar surface area (TPSA) is 122 Å². The van der Waals surface area contributed by atoms with Crippen molar-refractivity contribution in [3.8, 4) is 0 Å². The molecule has 0 radical (unpaired) electrons. The third kappa shape index (κ3) is 3.52. The minimum atomic E-state index is -1.08. The predicted octanol–water partition coefficient (Wildman–Crippen LogP) is 1.84. The van der Waals surface area contributed by atoms with Gasteiger partial charge in [0.05, 0.1) is 16.8 Å². The molecule has 0 saturated carbocycles. The number of nitrogens with zero attached hydrogens (tertiary/aromatic N) is 1. The van der Waals surface area contributed by atoms with Crippen molar-refractivity contribution in [1.29, 1.82) is 0 Å². The number of benzene rings is 2. The zero-order chi connectivity index (χ0) is 21.3. The molecule has 1 atom stereocenters. The molecule has 2 N–H and O–H groups in total. The maximum absolute atomic E-state index is 13.0. The molecule has 1 fully saturated rings. The number of anilines is 1. The Kier molecular flexibility index (Phi) is 5.01. The highest BCUT2D eigenvalue weighted by atomic mass is 16.5. The van der Waals surface area contributed by atoms with E-state index in [4.69, 9.17) is 4.74 Å². The second kappa shape index (κ2) is 7.78. The summed E-state index contributed by atoms with van der Waals surface area (Å²) in [5.41, 5.74) is 0.967. The van der Waals surface area contributed by atoms with E-state index in [0.29, 0.717) is 0 Å². The quantitative estimate of drug-likeness (QED) is 0.746. The van der Waals surface area contributed by atoms with Gasteiger partial charge in [-0.15, -0.1) is 0 Å². The summed E-state index contributed by atoms with van der Waals surface area (Å²) < 4.78 is 5.16. The van der Waals surface area contributed by atoms with E-state index in [1.165, 1.54) is 18.2 Å². The number of nitrogens with one attached hydrogen (secondary N) is 2. The van der Waals surface area contributed by atoms with Crippen molar-refractivity contribution >= 4 is 35.4 Å². The first-order chi connectivity index (χ1) is 14.5. The second-order valence-electron chi connectivity index (χ2n) is 6.86. The first-order valence-corrected chi connectivity index (χ1v) is 9.28. The van der Waals surface area contributed by atoms with Crippen LogP contribution in [-0.2, 0) is 20.9 Å². The minimum absolute atomic E-state index is 0.0103. The summed E-state index contributed by atoms with van der Waals surface area (Å²) in [5.74, 6) is -2.50. The van der Waals surface area contributed by atoms with E-state index >= 15 is 0 Å². The summed E-state index contributed by atoms with van der Waals surface area (Å²) in [6, 6.07) is 12.4. The largest absolute Gasteiger partial charge is 0.444 e. The molecule has 2 aliphatic rings. The van der Waals surface area contributed by atoms with Crippen molar-refractivity contribution in [2.24, 2.45) is 0 Å². The molecule has 0 aromatic heterocycles. The zero-order valence-electron chi connectivity index (χ0n) is 15.7. The van der Waals surface area contributed by atoms with Crippen LogP contribution in [0.25, 0.3) is 0 Å². The van der Waals surface area contributed by atoms with Crippen molar-refractivity contribution in [2.45, 2.75) is 25.5 Å². The van der Waals surface area contributed by atoms with Crippen LogP contribution in [0.2, 0.25) is 0 Å². The van der Waals surface area contributed by atoms with E-state index in [2.05, 4.69) is 10.6 Å². The van der Waals surface area contributed by atoms with Gasteiger partial charge in [-0.2, -0.15) is 0 Å². The highest BCUT2D eigenvalue weighted by molar-refractivity contribution is 6.26. The Hall–Kier alpha value is -4.01. The molecule has 2 heterocycles. The summed E-state index contributed by atoms with van der Waals surface area (Å²) >= 11 is 0. The average Bonchev–Trinajstić information content (AvgIpc) is 2.99. The fourth-order valence-electron chi connectivity index (χ4n) is 3.49. The molecule has 0 aliphatic carbocycles. The molecule has 1 unspecified atom stereocenters. The first-order valence-electron chi connectivity index (χ1n) is 9.28. The van der Waals surface area contributed by atoms with Crippen LogP contribution in [-0.4, -0.2) is 40.7 Å². The Labute approximate surface area is 171 Å². The standard InChI is InChI=1S/C21H17N3O6/c25-16-10-9-15(18(26)23-16)24-19(27)13-7-4-8-14(17(13)20(24)28)22-21(29)30-11-12-5-2-1-3-6-12/h1-8,15H,9-11H2,(H,22,29)(H,23,25,26). The monoisotopic (exact) mass is 407 g/mol. The van der Waals surface area contributed by atoms with E-state index in [1.807, 2.05) is 18.2 Å². The summed E-state index contributed by atoms with van der Waals surface area (Å²) in [7, 11) is 0. The van der Waals surface area contributed by atoms with Gasteiger partial charge in [0, 0.05) is 6.42 Å². The fraction of sp³-hybridized carbons (Fsp3) is 0.190. The van der Waals surface area contributed by atoms with Gasteiger partial charge < -0.3 is 4.74 Å². The second-order valence-corrected chi connectivity index (χ2v) is 6.86. The van der Waals surface area contributed by atoms with Crippen LogP contribution in [0.4, 0.5) is 10.5 Å². The molecule has 0 bridgehead atoms. The summed E-state index contributed by atoms with van der Waals surface area (Å²) in [5, 5.41) is 4.63. The predicted molar refractivity (Wildman–Crippen MR) is 103 cm³/mol. The maximum Gasteiger partial charge on any atom is 0.411 e. The number of hydrogen-bond acceptors (Lipinski definition) is 6. The van der Waals surface area contributed by atoms with Crippen LogP contribution in [0, 0.1) is 0 Å². The highest BCUT2D eigenvalue weighted by Crippen LogP contribution is 2.32. The molecule has 9 nitrogen and oxygen atoms in total. The van der Waals surface area contributed by atoms with E-state index in [0.717, 1.165) is 10.5 Å². The van der Waals surface area contributed by atoms with Gasteiger partial charge in [-0.1, -0.05) is 36.4 Å². The van der Waals surface area contributed by atoms with Crippen LogP contribution in [0.1, 0.15) is 39.1 Å². The van der Waals surface area contributed by atoms with Crippen molar-refractivity contribution in [3.63, 3.8) is 0 Å². The van der Waals surface area contributed by atoms with Gasteiger partial charge in [-0.25, -0.2) is 4.79 Å². The van der Waals surface area contributed by atoms with Crippen molar-refractivity contribution < 1.29 is 28.7 Å². The Bertz CT molecular complexity index is 1070. The molecule has 2 aromatic carbocycles. The van der Waals surface area contributed by atoms with E-state index < -0.39 is 35.8 Å². The lowest BCUT2D eigenvalue weighted by Gasteiger charge is -2.27. The summed E-state index contributed by atoms with van der Waals surface area (Å²) in [4.78, 5) is 62.3. The third-order valence-electron chi connectivity index (χ3n) is 4.92. The zero-order valence-corrected chi connectivity index (χ0v) is 15.7. The number of piperidine rings is 1. The lowest BCUT2D eigenvalue weighted by Crippen LogP contribution is -2.54. The Balaban J connectivity index is 1.52. The van der Waals surface area contributed by atoms with Crippen LogP contribution < -0.4 is 10.6 Å². The Morgan fingerprint density at radius 2 is 1.80 bits per heavy atom. The smallest absolute Gasteiger partial charge is 0.411 e. The van der Waals surface area contributed by atoms with Gasteiger partial charge >= 0.3 is 6.09 Å². The molecule has 2 aliphatic heterocycles. The molecule has 0 spiro atoms. The number of imide groups is 2. The Morgan fingerprint density at radius 3 is 2.53 bits per heavy atom. The highest BCUT2D eigenvalue weighted by Gasteiger charge is 2.45. The maximum atomic E-state index is 13.0. The van der Waals surface area contributed by atoms with Crippen LogP contribution in [0.5, 0.6) is 0 Å². The molecular formula is C21H17N3O6. The van der Waals surface area contributed by atoms with E-state index in [9.17, 15) is 24.0 Å². The van der Waals surface area contributed by atoms with Gasteiger partial charge in [0.15, 0.2) is 0 Å². The number of rotatable bonds is 4. The summed E-state index contributed by atoms with van der Waals surface area (Å²) in [6.07, 6.45) is -0.703. The fourth-order valence-corrected chi connectivity index (χ4v) is 3.49. The van der Waals surface area contributed by atoms with Gasteiger partial charge in [-0.05, 0) is 24.1 Å². The normalized spacial score (nSPS) is 18.1. The molecule has 4 rings (SSSR count). The van der Waals surface area contributed by atoms with Gasteiger partial charge in [-0.3, -0.25) is 34.7 Å². The van der Waals surface area contributed by atoms with Gasteiger partial charge in [0.1, 0.15) is 12.6 Å². The molecule has 30 heavy (non-hydrogen) atoms. The molecular weight excluding hydrogens is 390 g/mol. The molecule has 1 saturated heterocycles. The minimum Gasteiger partial charge on any atom is -0.444 e.